The van der Waals surface area contributed by atoms with Crippen molar-refractivity contribution in [3.05, 3.63) is 17.5 Å². The second-order valence-corrected chi connectivity index (χ2v) is 7.03. The van der Waals surface area contributed by atoms with E-state index in [1.165, 1.54) is 24.8 Å². The van der Waals surface area contributed by atoms with Gasteiger partial charge in [-0.1, -0.05) is 0 Å². The summed E-state index contributed by atoms with van der Waals surface area (Å²) in [5.74, 6) is 1.71. The molecule has 0 aromatic carbocycles. The zero-order valence-electron chi connectivity index (χ0n) is 12.2. The minimum Gasteiger partial charge on any atom is -0.396 e. The second-order valence-electron chi connectivity index (χ2n) is 7.03. The molecule has 0 aliphatic heterocycles. The van der Waals surface area contributed by atoms with E-state index in [9.17, 15) is 9.90 Å². The van der Waals surface area contributed by atoms with Crippen LogP contribution in [-0.4, -0.2) is 33.9 Å². The molecule has 0 radical (unpaired) electrons. The summed E-state index contributed by atoms with van der Waals surface area (Å²) in [4.78, 5) is 12.6. The van der Waals surface area contributed by atoms with Crippen LogP contribution in [0, 0.1) is 23.7 Å². The first-order chi connectivity index (χ1) is 10.3. The van der Waals surface area contributed by atoms with E-state index in [1.54, 1.807) is 0 Å². The molecular formula is C16H23N3O2. The number of fused-ring (bicyclic) bond motifs is 3. The van der Waals surface area contributed by atoms with E-state index < -0.39 is 0 Å². The molecule has 2 saturated carbocycles. The number of nitrogens with one attached hydrogen (secondary N) is 2. The van der Waals surface area contributed by atoms with Gasteiger partial charge in [-0.2, -0.15) is 5.10 Å². The summed E-state index contributed by atoms with van der Waals surface area (Å²) >= 11 is 0. The predicted molar refractivity (Wildman–Crippen MR) is 77.4 cm³/mol. The molecule has 1 amide bonds. The fraction of sp³-hybridized carbons (Fsp3) is 0.750. The minimum absolute atomic E-state index is 0.0522. The lowest BCUT2D eigenvalue weighted by Gasteiger charge is -2.32. The van der Waals surface area contributed by atoms with Gasteiger partial charge < -0.3 is 10.4 Å². The number of aryl methyl sites for hydroxylation is 1. The minimum atomic E-state index is 0.0522. The van der Waals surface area contributed by atoms with Crippen molar-refractivity contribution in [2.45, 2.75) is 44.6 Å². The highest BCUT2D eigenvalue weighted by molar-refractivity contribution is 5.79. The number of aliphatic hydroxyl groups is 1. The quantitative estimate of drug-likeness (QED) is 0.778. The van der Waals surface area contributed by atoms with E-state index in [1.807, 2.05) is 6.20 Å². The van der Waals surface area contributed by atoms with E-state index in [0.717, 1.165) is 25.0 Å². The Kier molecular flexibility index (Phi) is 3.25. The first kappa shape index (κ1) is 13.3. The summed E-state index contributed by atoms with van der Waals surface area (Å²) in [6, 6.07) is 0.199. The van der Waals surface area contributed by atoms with E-state index in [2.05, 4.69) is 15.5 Å². The highest BCUT2D eigenvalue weighted by Crippen LogP contribution is 2.48. The maximum Gasteiger partial charge on any atom is 0.223 e. The van der Waals surface area contributed by atoms with E-state index >= 15 is 0 Å². The van der Waals surface area contributed by atoms with Crippen LogP contribution >= 0.6 is 0 Å². The number of H-pyrrole nitrogens is 1. The SMILES string of the molecule is O=C(NC1C2CCC(C2)C1CO)C1CCc2cn[nH]c2C1. The summed E-state index contributed by atoms with van der Waals surface area (Å²) < 4.78 is 0. The van der Waals surface area contributed by atoms with Crippen molar-refractivity contribution in [1.29, 1.82) is 0 Å². The van der Waals surface area contributed by atoms with Crippen LogP contribution < -0.4 is 5.32 Å². The Balaban J connectivity index is 1.42. The Hall–Kier alpha value is -1.36. The van der Waals surface area contributed by atoms with Crippen molar-refractivity contribution in [3.8, 4) is 0 Å². The van der Waals surface area contributed by atoms with Gasteiger partial charge in [-0.15, -0.1) is 0 Å². The van der Waals surface area contributed by atoms with Crippen molar-refractivity contribution >= 4 is 5.91 Å². The number of aromatic nitrogens is 2. The maximum atomic E-state index is 12.6. The molecule has 2 bridgehead atoms. The standard InChI is InChI=1S/C16H23N3O2/c20-8-13-9-1-2-10(5-9)15(13)18-16(21)11-3-4-12-7-17-19-14(12)6-11/h7,9-11,13,15,20H,1-6,8H2,(H,17,19)(H,18,21). The summed E-state index contributed by atoms with van der Waals surface area (Å²) in [6.07, 6.45) is 8.11. The van der Waals surface area contributed by atoms with Crippen molar-refractivity contribution in [2.24, 2.45) is 23.7 Å². The molecule has 5 nitrogen and oxygen atoms in total. The molecule has 21 heavy (non-hydrogen) atoms. The fourth-order valence-corrected chi connectivity index (χ4v) is 4.81. The first-order valence-corrected chi connectivity index (χ1v) is 8.18. The molecule has 1 heterocycles. The Morgan fingerprint density at radius 1 is 1.38 bits per heavy atom. The molecular weight excluding hydrogens is 266 g/mol. The van der Waals surface area contributed by atoms with E-state index in [-0.39, 0.29) is 30.4 Å². The van der Waals surface area contributed by atoms with Gasteiger partial charge in [-0.05, 0) is 49.5 Å². The van der Waals surface area contributed by atoms with Crippen LogP contribution in [0.1, 0.15) is 36.9 Å². The van der Waals surface area contributed by atoms with Crippen LogP contribution in [0.2, 0.25) is 0 Å². The van der Waals surface area contributed by atoms with Crippen LogP contribution in [0.3, 0.4) is 0 Å². The van der Waals surface area contributed by atoms with Gasteiger partial charge in [-0.25, -0.2) is 0 Å². The van der Waals surface area contributed by atoms with Crippen LogP contribution in [0.4, 0.5) is 0 Å². The van der Waals surface area contributed by atoms with Crippen molar-refractivity contribution < 1.29 is 9.90 Å². The smallest absolute Gasteiger partial charge is 0.223 e. The van der Waals surface area contributed by atoms with Crippen LogP contribution in [0.25, 0.3) is 0 Å². The number of aromatic amines is 1. The Labute approximate surface area is 124 Å². The third-order valence-corrected chi connectivity index (χ3v) is 6.00. The largest absolute Gasteiger partial charge is 0.396 e. The van der Waals surface area contributed by atoms with Crippen LogP contribution in [0.15, 0.2) is 6.20 Å². The molecule has 3 N–H and O–H groups in total. The Bertz CT molecular complexity index is 541. The van der Waals surface area contributed by atoms with E-state index in [0.29, 0.717) is 11.8 Å². The molecule has 114 valence electrons. The van der Waals surface area contributed by atoms with Gasteiger partial charge in [0.1, 0.15) is 0 Å². The topological polar surface area (TPSA) is 78.0 Å². The highest BCUT2D eigenvalue weighted by Gasteiger charge is 2.48. The zero-order chi connectivity index (χ0) is 14.4. The average molecular weight is 289 g/mol. The number of amides is 1. The monoisotopic (exact) mass is 289 g/mol. The lowest BCUT2D eigenvalue weighted by Crippen LogP contribution is -2.48. The normalized spacial score (nSPS) is 37.5. The lowest BCUT2D eigenvalue weighted by molar-refractivity contribution is -0.127. The van der Waals surface area contributed by atoms with Gasteiger partial charge in [0.05, 0.1) is 6.20 Å². The van der Waals surface area contributed by atoms with Crippen molar-refractivity contribution in [1.82, 2.24) is 15.5 Å². The third kappa shape index (κ3) is 2.18. The molecule has 0 saturated heterocycles. The molecule has 1 aromatic heterocycles. The van der Waals surface area contributed by atoms with Crippen LogP contribution in [-0.2, 0) is 17.6 Å². The van der Waals surface area contributed by atoms with Gasteiger partial charge in [0.15, 0.2) is 0 Å². The number of aliphatic hydroxyl groups excluding tert-OH is 1. The molecule has 1 aromatic rings. The highest BCUT2D eigenvalue weighted by atomic mass is 16.3. The summed E-state index contributed by atoms with van der Waals surface area (Å²) in [5.41, 5.74) is 2.38. The number of nitrogens with zero attached hydrogens (tertiary/aromatic N) is 1. The van der Waals surface area contributed by atoms with Crippen LogP contribution in [0.5, 0.6) is 0 Å². The molecule has 5 heteroatoms. The molecule has 3 aliphatic rings. The maximum absolute atomic E-state index is 12.6. The molecule has 5 unspecified atom stereocenters. The predicted octanol–water partition coefficient (Wildman–Crippen LogP) is 1.04. The summed E-state index contributed by atoms with van der Waals surface area (Å²) in [6.45, 7) is 0.210. The van der Waals surface area contributed by atoms with E-state index in [4.69, 9.17) is 0 Å². The van der Waals surface area contributed by atoms with Gasteiger partial charge >= 0.3 is 0 Å². The third-order valence-electron chi connectivity index (χ3n) is 6.00. The summed E-state index contributed by atoms with van der Waals surface area (Å²) in [5, 5.41) is 20.0. The van der Waals surface area contributed by atoms with Gasteiger partial charge in [0, 0.05) is 36.6 Å². The van der Waals surface area contributed by atoms with Crippen molar-refractivity contribution in [2.75, 3.05) is 6.61 Å². The lowest BCUT2D eigenvalue weighted by atomic mass is 9.83. The zero-order valence-corrected chi connectivity index (χ0v) is 12.2. The molecule has 3 aliphatic carbocycles. The van der Waals surface area contributed by atoms with Crippen molar-refractivity contribution in [3.63, 3.8) is 0 Å². The Morgan fingerprint density at radius 3 is 3.10 bits per heavy atom. The molecule has 4 rings (SSSR count). The molecule has 0 spiro atoms. The molecule has 2 fully saturated rings. The number of carbonyl (C=O) groups is 1. The number of carbonyl (C=O) groups excluding carboxylic acids is 1. The van der Waals surface area contributed by atoms with Gasteiger partial charge in [0.25, 0.3) is 0 Å². The fourth-order valence-electron chi connectivity index (χ4n) is 4.81. The molecule has 5 atom stereocenters. The number of hydrogen-bond donors (Lipinski definition) is 3. The second kappa shape index (κ2) is 5.13. The number of rotatable bonds is 3. The van der Waals surface area contributed by atoms with Gasteiger partial charge in [-0.3, -0.25) is 9.89 Å². The summed E-state index contributed by atoms with van der Waals surface area (Å²) in [7, 11) is 0. The number of hydrogen-bond acceptors (Lipinski definition) is 3. The average Bonchev–Trinajstić information content (AvgIpc) is 3.21. The first-order valence-electron chi connectivity index (χ1n) is 8.18. The van der Waals surface area contributed by atoms with Gasteiger partial charge in [0.2, 0.25) is 5.91 Å². The Morgan fingerprint density at radius 2 is 2.24 bits per heavy atom.